The highest BCUT2D eigenvalue weighted by Gasteiger charge is 2.27. The number of nitrogens with zero attached hydrogens (tertiary/aromatic N) is 1. The van der Waals surface area contributed by atoms with Crippen molar-refractivity contribution in [3.8, 4) is 11.5 Å². The largest absolute Gasteiger partial charge is 0.457 e. The van der Waals surface area contributed by atoms with Gasteiger partial charge in [-0.05, 0) is 49.6 Å². The van der Waals surface area contributed by atoms with Crippen LogP contribution in [0.1, 0.15) is 48.5 Å². The van der Waals surface area contributed by atoms with Crippen molar-refractivity contribution in [1.82, 2.24) is 0 Å². The number of benzene rings is 2. The number of rotatable bonds is 5. The van der Waals surface area contributed by atoms with Crippen molar-refractivity contribution in [3.63, 3.8) is 0 Å². The summed E-state index contributed by atoms with van der Waals surface area (Å²) < 4.78 is 5.91. The molecule has 2 N–H and O–H groups in total. The number of aryl methyl sites for hydroxylation is 1. The van der Waals surface area contributed by atoms with Crippen molar-refractivity contribution in [2.75, 3.05) is 4.90 Å². The summed E-state index contributed by atoms with van der Waals surface area (Å²) in [4.78, 5) is 25.5. The van der Waals surface area contributed by atoms with Crippen LogP contribution in [0.5, 0.6) is 11.5 Å². The number of carbonyl (C=O) groups excluding carboxylic acids is 2. The van der Waals surface area contributed by atoms with E-state index in [1.165, 1.54) is 0 Å². The first-order valence-electron chi connectivity index (χ1n) is 8.94. The molecule has 5 heteroatoms. The molecule has 1 saturated carbocycles. The Balaban J connectivity index is 1.90. The zero-order chi connectivity index (χ0) is 18.7. The van der Waals surface area contributed by atoms with E-state index < -0.39 is 5.91 Å². The van der Waals surface area contributed by atoms with Crippen molar-refractivity contribution < 1.29 is 14.3 Å². The first-order valence-corrected chi connectivity index (χ1v) is 8.94. The monoisotopic (exact) mass is 352 g/mol. The summed E-state index contributed by atoms with van der Waals surface area (Å²) in [6, 6.07) is 12.7. The third kappa shape index (κ3) is 3.87. The molecule has 0 unspecified atom stereocenters. The Hall–Kier alpha value is -2.82. The fourth-order valence-corrected chi connectivity index (χ4v) is 3.55. The summed E-state index contributed by atoms with van der Waals surface area (Å²) in [6.07, 6.45) is 4.38. The maximum atomic E-state index is 12.3. The number of hydrogen-bond donors (Lipinski definition) is 1. The molecule has 26 heavy (non-hydrogen) atoms. The standard InChI is InChI=1S/C21H24N2O3/c1-14-10-11-19(26-18-9-5-6-16(12-18)21(22)25)13-20(14)23(15(2)24)17-7-3-4-8-17/h5-6,9-13,17H,3-4,7-8H2,1-2H3,(H2,22,25). The van der Waals surface area contributed by atoms with E-state index in [1.54, 1.807) is 31.2 Å². The molecule has 0 aliphatic heterocycles. The molecule has 2 amide bonds. The first kappa shape index (κ1) is 18.0. The van der Waals surface area contributed by atoms with Gasteiger partial charge in [-0.2, -0.15) is 0 Å². The van der Waals surface area contributed by atoms with E-state index in [9.17, 15) is 9.59 Å². The van der Waals surface area contributed by atoms with Gasteiger partial charge in [0.15, 0.2) is 0 Å². The van der Waals surface area contributed by atoms with Gasteiger partial charge in [-0.15, -0.1) is 0 Å². The van der Waals surface area contributed by atoms with Crippen LogP contribution in [-0.2, 0) is 4.79 Å². The van der Waals surface area contributed by atoms with Crippen molar-refractivity contribution in [2.24, 2.45) is 5.73 Å². The van der Waals surface area contributed by atoms with Gasteiger partial charge in [0.1, 0.15) is 11.5 Å². The van der Waals surface area contributed by atoms with Crippen LogP contribution in [0.2, 0.25) is 0 Å². The summed E-state index contributed by atoms with van der Waals surface area (Å²) in [5.41, 5.74) is 7.63. The highest BCUT2D eigenvalue weighted by molar-refractivity contribution is 5.94. The fourth-order valence-electron chi connectivity index (χ4n) is 3.55. The molecule has 2 aromatic rings. The molecule has 1 aliphatic carbocycles. The van der Waals surface area contributed by atoms with Crippen molar-refractivity contribution >= 4 is 17.5 Å². The Morgan fingerprint density at radius 1 is 1.08 bits per heavy atom. The highest BCUT2D eigenvalue weighted by Crippen LogP contribution is 2.34. The van der Waals surface area contributed by atoms with Gasteiger partial charge in [-0.25, -0.2) is 0 Å². The lowest BCUT2D eigenvalue weighted by Crippen LogP contribution is -2.37. The third-order valence-electron chi connectivity index (χ3n) is 4.82. The summed E-state index contributed by atoms with van der Waals surface area (Å²) in [5, 5.41) is 0. The number of amides is 2. The van der Waals surface area contributed by atoms with E-state index in [-0.39, 0.29) is 11.9 Å². The zero-order valence-corrected chi connectivity index (χ0v) is 15.2. The minimum Gasteiger partial charge on any atom is -0.457 e. The summed E-state index contributed by atoms with van der Waals surface area (Å²) in [7, 11) is 0. The van der Waals surface area contributed by atoms with Crippen molar-refractivity contribution in [3.05, 3.63) is 53.6 Å². The van der Waals surface area contributed by atoms with Gasteiger partial charge in [-0.3, -0.25) is 9.59 Å². The topological polar surface area (TPSA) is 72.6 Å². The van der Waals surface area contributed by atoms with Gasteiger partial charge in [-0.1, -0.05) is 25.0 Å². The van der Waals surface area contributed by atoms with Crippen LogP contribution in [0, 0.1) is 6.92 Å². The second-order valence-corrected chi connectivity index (χ2v) is 6.77. The predicted octanol–water partition coefficient (Wildman–Crippen LogP) is 4.18. The first-order chi connectivity index (χ1) is 12.5. The van der Waals surface area contributed by atoms with Gasteiger partial charge < -0.3 is 15.4 Å². The molecular formula is C21H24N2O3. The number of anilines is 1. The van der Waals surface area contributed by atoms with E-state index in [0.717, 1.165) is 36.9 Å². The minimum atomic E-state index is -0.496. The van der Waals surface area contributed by atoms with Crippen LogP contribution in [0.3, 0.4) is 0 Å². The molecule has 0 atom stereocenters. The lowest BCUT2D eigenvalue weighted by Gasteiger charge is -2.29. The lowest BCUT2D eigenvalue weighted by atomic mass is 10.1. The van der Waals surface area contributed by atoms with Crippen LogP contribution < -0.4 is 15.4 Å². The molecule has 5 nitrogen and oxygen atoms in total. The van der Waals surface area contributed by atoms with Gasteiger partial charge >= 0.3 is 0 Å². The van der Waals surface area contributed by atoms with Crippen LogP contribution in [0.25, 0.3) is 0 Å². The zero-order valence-electron chi connectivity index (χ0n) is 15.2. The van der Waals surface area contributed by atoms with Crippen molar-refractivity contribution in [2.45, 2.75) is 45.6 Å². The van der Waals surface area contributed by atoms with Crippen LogP contribution in [-0.4, -0.2) is 17.9 Å². The number of hydrogen-bond acceptors (Lipinski definition) is 3. The fraction of sp³-hybridized carbons (Fsp3) is 0.333. The molecule has 0 saturated heterocycles. The lowest BCUT2D eigenvalue weighted by molar-refractivity contribution is -0.117. The Morgan fingerprint density at radius 3 is 2.42 bits per heavy atom. The predicted molar refractivity (Wildman–Crippen MR) is 102 cm³/mol. The molecule has 1 fully saturated rings. The Kier molecular flexibility index (Phi) is 5.26. The number of primary amides is 1. The van der Waals surface area contributed by atoms with Crippen molar-refractivity contribution in [1.29, 1.82) is 0 Å². The summed E-state index contributed by atoms with van der Waals surface area (Å²) in [5.74, 6) is 0.708. The van der Waals surface area contributed by atoms with Gasteiger partial charge in [0.25, 0.3) is 0 Å². The highest BCUT2D eigenvalue weighted by atomic mass is 16.5. The van der Waals surface area contributed by atoms with Crippen LogP contribution >= 0.6 is 0 Å². The average Bonchev–Trinajstić information content (AvgIpc) is 3.12. The maximum Gasteiger partial charge on any atom is 0.248 e. The van der Waals surface area contributed by atoms with E-state index in [2.05, 4.69) is 0 Å². The quantitative estimate of drug-likeness (QED) is 0.877. The summed E-state index contributed by atoms with van der Waals surface area (Å²) >= 11 is 0. The molecule has 0 bridgehead atoms. The third-order valence-corrected chi connectivity index (χ3v) is 4.82. The second kappa shape index (κ2) is 7.60. The Labute approximate surface area is 153 Å². The maximum absolute atomic E-state index is 12.3. The Morgan fingerprint density at radius 2 is 1.77 bits per heavy atom. The molecule has 1 aliphatic rings. The van der Waals surface area contributed by atoms with E-state index >= 15 is 0 Å². The average molecular weight is 352 g/mol. The smallest absolute Gasteiger partial charge is 0.248 e. The molecule has 136 valence electrons. The molecule has 3 rings (SSSR count). The van der Waals surface area contributed by atoms with Gasteiger partial charge in [0.05, 0.1) is 5.69 Å². The summed E-state index contributed by atoms with van der Waals surface area (Å²) in [6.45, 7) is 3.61. The second-order valence-electron chi connectivity index (χ2n) is 6.77. The number of nitrogens with two attached hydrogens (primary N) is 1. The van der Waals surface area contributed by atoms with Crippen LogP contribution in [0.4, 0.5) is 5.69 Å². The SMILES string of the molecule is CC(=O)N(c1cc(Oc2cccc(C(N)=O)c2)ccc1C)C1CCCC1. The normalized spacial score (nSPS) is 14.2. The molecule has 2 aromatic carbocycles. The number of carbonyl (C=O) groups is 2. The number of ether oxygens (including phenoxy) is 1. The van der Waals surface area contributed by atoms with E-state index in [0.29, 0.717) is 17.1 Å². The van der Waals surface area contributed by atoms with E-state index in [4.69, 9.17) is 10.5 Å². The van der Waals surface area contributed by atoms with E-state index in [1.807, 2.05) is 30.0 Å². The Bertz CT molecular complexity index is 826. The van der Waals surface area contributed by atoms with Gasteiger partial charge in [0.2, 0.25) is 11.8 Å². The molecule has 0 spiro atoms. The molecule has 0 aromatic heterocycles. The molecule has 0 heterocycles. The molecular weight excluding hydrogens is 328 g/mol. The van der Waals surface area contributed by atoms with Gasteiger partial charge in [0, 0.05) is 24.6 Å². The minimum absolute atomic E-state index is 0.0490. The van der Waals surface area contributed by atoms with Crippen LogP contribution in [0.15, 0.2) is 42.5 Å². The molecule has 0 radical (unpaired) electrons.